The lowest BCUT2D eigenvalue weighted by Gasteiger charge is -2.22. The van der Waals surface area contributed by atoms with Crippen molar-refractivity contribution in [1.82, 2.24) is 9.97 Å². The van der Waals surface area contributed by atoms with Crippen LogP contribution in [0.4, 0.5) is 0 Å². The van der Waals surface area contributed by atoms with Crippen LogP contribution < -0.4 is 5.73 Å². The van der Waals surface area contributed by atoms with Gasteiger partial charge in [0.1, 0.15) is 5.82 Å². The third kappa shape index (κ3) is 2.00. The Bertz CT molecular complexity index is 716. The van der Waals surface area contributed by atoms with E-state index >= 15 is 0 Å². The standard InChI is InChI=1S/C17H19N3/c1-11-9-14-15(10-12(11)2)20-16(19-14)17(3,18)13-7-5-4-6-8-13/h4-10H,18H2,1-3H3,(H,19,20). The van der Waals surface area contributed by atoms with E-state index in [1.807, 2.05) is 37.3 Å². The van der Waals surface area contributed by atoms with E-state index in [0.717, 1.165) is 22.4 Å². The average molecular weight is 265 g/mol. The van der Waals surface area contributed by atoms with Gasteiger partial charge in [-0.1, -0.05) is 30.3 Å². The maximum absolute atomic E-state index is 6.51. The fourth-order valence-electron chi connectivity index (χ4n) is 2.44. The van der Waals surface area contributed by atoms with E-state index < -0.39 is 5.54 Å². The number of aromatic amines is 1. The zero-order chi connectivity index (χ0) is 14.3. The molecule has 0 saturated carbocycles. The van der Waals surface area contributed by atoms with Gasteiger partial charge in [0.15, 0.2) is 0 Å². The normalized spacial score (nSPS) is 14.4. The number of aryl methyl sites for hydroxylation is 2. The van der Waals surface area contributed by atoms with Gasteiger partial charge in [0.05, 0.1) is 16.6 Å². The van der Waals surface area contributed by atoms with Crippen molar-refractivity contribution in [2.24, 2.45) is 5.73 Å². The summed E-state index contributed by atoms with van der Waals surface area (Å²) in [6, 6.07) is 14.3. The predicted octanol–water partition coefficient (Wildman–Crippen LogP) is 3.40. The van der Waals surface area contributed by atoms with Crippen molar-refractivity contribution in [3.05, 3.63) is 65.0 Å². The minimum absolute atomic E-state index is 0.623. The molecule has 1 aromatic heterocycles. The number of hydrogen-bond acceptors (Lipinski definition) is 2. The second-order valence-corrected chi connectivity index (χ2v) is 5.61. The van der Waals surface area contributed by atoms with Crippen molar-refractivity contribution in [3.8, 4) is 0 Å². The summed E-state index contributed by atoms with van der Waals surface area (Å²) in [6.07, 6.45) is 0. The number of rotatable bonds is 2. The molecule has 3 nitrogen and oxygen atoms in total. The summed E-state index contributed by atoms with van der Waals surface area (Å²) in [5.74, 6) is 0.795. The van der Waals surface area contributed by atoms with Gasteiger partial charge in [-0.05, 0) is 49.6 Å². The first-order valence-corrected chi connectivity index (χ1v) is 6.80. The van der Waals surface area contributed by atoms with Crippen LogP contribution in [0.25, 0.3) is 11.0 Å². The number of nitrogens with one attached hydrogen (secondary N) is 1. The molecule has 2 aromatic carbocycles. The van der Waals surface area contributed by atoms with Crippen molar-refractivity contribution < 1.29 is 0 Å². The molecule has 0 aliphatic heterocycles. The second-order valence-electron chi connectivity index (χ2n) is 5.61. The molecule has 0 radical (unpaired) electrons. The number of nitrogens with zero attached hydrogens (tertiary/aromatic N) is 1. The van der Waals surface area contributed by atoms with Gasteiger partial charge in [0.2, 0.25) is 0 Å². The number of nitrogens with two attached hydrogens (primary N) is 1. The van der Waals surface area contributed by atoms with E-state index in [-0.39, 0.29) is 0 Å². The van der Waals surface area contributed by atoms with Crippen LogP contribution in [0, 0.1) is 13.8 Å². The molecule has 0 spiro atoms. The molecule has 3 rings (SSSR count). The Morgan fingerprint density at radius 1 is 1.05 bits per heavy atom. The van der Waals surface area contributed by atoms with Gasteiger partial charge in [-0.3, -0.25) is 0 Å². The Morgan fingerprint density at radius 2 is 1.70 bits per heavy atom. The van der Waals surface area contributed by atoms with Gasteiger partial charge >= 0.3 is 0 Å². The monoisotopic (exact) mass is 265 g/mol. The van der Waals surface area contributed by atoms with Crippen LogP contribution in [-0.2, 0) is 5.54 Å². The van der Waals surface area contributed by atoms with E-state index in [0.29, 0.717) is 0 Å². The van der Waals surface area contributed by atoms with E-state index in [2.05, 4.69) is 35.9 Å². The topological polar surface area (TPSA) is 54.7 Å². The zero-order valence-electron chi connectivity index (χ0n) is 12.1. The summed E-state index contributed by atoms with van der Waals surface area (Å²) >= 11 is 0. The molecule has 3 aromatic rings. The minimum Gasteiger partial charge on any atom is -0.340 e. The summed E-state index contributed by atoms with van der Waals surface area (Å²) in [5.41, 5.74) is 11.4. The summed E-state index contributed by atoms with van der Waals surface area (Å²) in [7, 11) is 0. The number of fused-ring (bicyclic) bond motifs is 1. The molecular formula is C17H19N3. The highest BCUT2D eigenvalue weighted by molar-refractivity contribution is 5.77. The third-order valence-corrected chi connectivity index (χ3v) is 3.96. The van der Waals surface area contributed by atoms with Crippen LogP contribution in [0.5, 0.6) is 0 Å². The SMILES string of the molecule is Cc1cc2nc(C(C)(N)c3ccccc3)[nH]c2cc1C. The zero-order valence-corrected chi connectivity index (χ0v) is 12.1. The molecule has 0 fully saturated rings. The lowest BCUT2D eigenvalue weighted by Crippen LogP contribution is -2.35. The van der Waals surface area contributed by atoms with Crippen molar-refractivity contribution in [2.75, 3.05) is 0 Å². The molecule has 0 bridgehead atoms. The number of H-pyrrole nitrogens is 1. The van der Waals surface area contributed by atoms with E-state index in [1.54, 1.807) is 0 Å². The average Bonchev–Trinajstić information content (AvgIpc) is 2.84. The van der Waals surface area contributed by atoms with Gasteiger partial charge in [0.25, 0.3) is 0 Å². The van der Waals surface area contributed by atoms with E-state index in [1.165, 1.54) is 11.1 Å². The van der Waals surface area contributed by atoms with Crippen molar-refractivity contribution in [2.45, 2.75) is 26.3 Å². The van der Waals surface area contributed by atoms with E-state index in [9.17, 15) is 0 Å². The number of imidazole rings is 1. The van der Waals surface area contributed by atoms with Gasteiger partial charge in [-0.15, -0.1) is 0 Å². The molecule has 0 amide bonds. The summed E-state index contributed by atoms with van der Waals surface area (Å²) in [4.78, 5) is 8.05. The molecule has 0 saturated heterocycles. The van der Waals surface area contributed by atoms with Crippen molar-refractivity contribution in [3.63, 3.8) is 0 Å². The lowest BCUT2D eigenvalue weighted by atomic mass is 9.92. The second kappa shape index (κ2) is 4.46. The van der Waals surface area contributed by atoms with Crippen molar-refractivity contribution in [1.29, 1.82) is 0 Å². The maximum atomic E-state index is 6.51. The predicted molar refractivity (Wildman–Crippen MR) is 82.7 cm³/mol. The fourth-order valence-corrected chi connectivity index (χ4v) is 2.44. The minimum atomic E-state index is -0.623. The number of benzene rings is 2. The Labute approximate surface area is 118 Å². The van der Waals surface area contributed by atoms with Crippen LogP contribution in [0.2, 0.25) is 0 Å². The van der Waals surface area contributed by atoms with Crippen LogP contribution >= 0.6 is 0 Å². The molecule has 0 aliphatic rings. The number of hydrogen-bond donors (Lipinski definition) is 2. The highest BCUT2D eigenvalue weighted by atomic mass is 15.0. The van der Waals surface area contributed by atoms with Gasteiger partial charge in [-0.25, -0.2) is 4.98 Å². The Hall–Kier alpha value is -2.13. The quantitative estimate of drug-likeness (QED) is 0.746. The lowest BCUT2D eigenvalue weighted by molar-refractivity contribution is 0.567. The molecule has 1 unspecified atom stereocenters. The number of aromatic nitrogens is 2. The highest BCUT2D eigenvalue weighted by Crippen LogP contribution is 2.27. The Balaban J connectivity index is 2.15. The molecule has 102 valence electrons. The molecule has 1 atom stereocenters. The summed E-state index contributed by atoms with van der Waals surface area (Å²) in [6.45, 7) is 6.19. The first-order valence-electron chi connectivity index (χ1n) is 6.80. The Morgan fingerprint density at radius 3 is 2.40 bits per heavy atom. The molecule has 3 N–H and O–H groups in total. The molecule has 20 heavy (non-hydrogen) atoms. The highest BCUT2D eigenvalue weighted by Gasteiger charge is 2.27. The van der Waals surface area contributed by atoms with Crippen molar-refractivity contribution >= 4 is 11.0 Å². The molecule has 1 heterocycles. The smallest absolute Gasteiger partial charge is 0.131 e. The Kier molecular flexibility index (Phi) is 2.87. The van der Waals surface area contributed by atoms with Crippen LogP contribution in [-0.4, -0.2) is 9.97 Å². The molecular weight excluding hydrogens is 246 g/mol. The summed E-state index contributed by atoms with van der Waals surface area (Å²) in [5, 5.41) is 0. The van der Waals surface area contributed by atoms with Crippen LogP contribution in [0.3, 0.4) is 0 Å². The maximum Gasteiger partial charge on any atom is 0.131 e. The van der Waals surface area contributed by atoms with Crippen LogP contribution in [0.15, 0.2) is 42.5 Å². The van der Waals surface area contributed by atoms with Gasteiger partial charge < -0.3 is 10.7 Å². The first kappa shape index (κ1) is 12.9. The molecule has 0 aliphatic carbocycles. The van der Waals surface area contributed by atoms with Gasteiger partial charge in [0, 0.05) is 0 Å². The van der Waals surface area contributed by atoms with E-state index in [4.69, 9.17) is 5.73 Å². The van der Waals surface area contributed by atoms with Gasteiger partial charge in [-0.2, -0.15) is 0 Å². The third-order valence-electron chi connectivity index (χ3n) is 3.96. The fraction of sp³-hybridized carbons (Fsp3) is 0.235. The van der Waals surface area contributed by atoms with Crippen LogP contribution in [0.1, 0.15) is 29.4 Å². The first-order chi connectivity index (χ1) is 9.48. The largest absolute Gasteiger partial charge is 0.340 e. The molecule has 3 heteroatoms. The summed E-state index contributed by atoms with van der Waals surface area (Å²) < 4.78 is 0.